The van der Waals surface area contributed by atoms with Crippen molar-refractivity contribution in [3.63, 3.8) is 0 Å². The molecule has 0 radical (unpaired) electrons. The van der Waals surface area contributed by atoms with Crippen LogP contribution in [0.15, 0.2) is 53.4 Å². The molecule has 0 amide bonds. The Labute approximate surface area is 142 Å². The van der Waals surface area contributed by atoms with Crippen LogP contribution in [0.25, 0.3) is 22.6 Å². The van der Waals surface area contributed by atoms with E-state index in [0.717, 1.165) is 16.6 Å². The van der Waals surface area contributed by atoms with Gasteiger partial charge in [0.15, 0.2) is 11.5 Å². The first-order chi connectivity index (χ1) is 12.3. The average Bonchev–Trinajstić information content (AvgIpc) is 3.26. The number of anilines is 1. The van der Waals surface area contributed by atoms with Gasteiger partial charge in [0.05, 0.1) is 11.0 Å². The Kier molecular flexibility index (Phi) is 2.89. The minimum atomic E-state index is -1.02. The number of hydrogen-bond acceptors (Lipinski definition) is 7. The molecular weight excluding hydrogens is 320 g/mol. The molecule has 4 heterocycles. The third-order valence-corrected chi connectivity index (χ3v) is 4.29. The molecule has 0 saturated carbocycles. The van der Waals surface area contributed by atoms with E-state index in [1.54, 1.807) is 12.4 Å². The van der Waals surface area contributed by atoms with Crippen molar-refractivity contribution in [1.82, 2.24) is 24.8 Å². The van der Waals surface area contributed by atoms with Crippen molar-refractivity contribution >= 4 is 16.9 Å². The van der Waals surface area contributed by atoms with Crippen LogP contribution in [-0.4, -0.2) is 31.5 Å². The zero-order valence-electron chi connectivity index (χ0n) is 13.4. The fraction of sp³-hybridized carbons (Fsp3) is 0.176. The molecule has 5 rings (SSSR count). The number of benzene rings is 1. The summed E-state index contributed by atoms with van der Waals surface area (Å²) in [6.07, 6.45) is 3.46. The third-order valence-electron chi connectivity index (χ3n) is 4.29. The van der Waals surface area contributed by atoms with E-state index in [2.05, 4.69) is 20.6 Å². The van der Waals surface area contributed by atoms with E-state index in [0.29, 0.717) is 23.9 Å². The van der Waals surface area contributed by atoms with Gasteiger partial charge in [0.2, 0.25) is 5.82 Å². The first-order valence-corrected chi connectivity index (χ1v) is 7.97. The summed E-state index contributed by atoms with van der Waals surface area (Å²) in [5.41, 5.74) is 3.19. The van der Waals surface area contributed by atoms with Gasteiger partial charge in [-0.3, -0.25) is 9.55 Å². The molecule has 8 nitrogen and oxygen atoms in total. The van der Waals surface area contributed by atoms with E-state index < -0.39 is 5.85 Å². The van der Waals surface area contributed by atoms with E-state index >= 15 is 0 Å². The van der Waals surface area contributed by atoms with Gasteiger partial charge in [0.1, 0.15) is 0 Å². The second-order valence-corrected chi connectivity index (χ2v) is 5.66. The van der Waals surface area contributed by atoms with Crippen molar-refractivity contribution in [1.29, 1.82) is 0 Å². The van der Waals surface area contributed by atoms with Gasteiger partial charge in [-0.25, -0.2) is 9.61 Å². The van der Waals surface area contributed by atoms with Crippen LogP contribution in [0.4, 0.5) is 5.82 Å². The summed E-state index contributed by atoms with van der Waals surface area (Å²) >= 11 is 0. The molecule has 4 aromatic rings. The van der Waals surface area contributed by atoms with Crippen LogP contribution in [0.2, 0.25) is 0 Å². The summed E-state index contributed by atoms with van der Waals surface area (Å²) in [4.78, 5) is 8.85. The lowest BCUT2D eigenvalue weighted by Gasteiger charge is -2.39. The lowest BCUT2D eigenvalue weighted by atomic mass is 10.1. The number of nitrogens with one attached hydrogen (secondary N) is 1. The number of imidazole rings is 1. The van der Waals surface area contributed by atoms with Crippen molar-refractivity contribution in [3.8, 4) is 11.5 Å². The number of ether oxygens (including phenoxy) is 1. The monoisotopic (exact) mass is 334 g/mol. The van der Waals surface area contributed by atoms with Gasteiger partial charge < -0.3 is 10.1 Å². The van der Waals surface area contributed by atoms with E-state index in [9.17, 15) is 0 Å². The molecule has 3 aromatic heterocycles. The Hall–Kier alpha value is -3.26. The molecule has 0 fully saturated rings. The van der Waals surface area contributed by atoms with Crippen LogP contribution in [-0.2, 0) is 10.6 Å². The topological polar surface area (TPSA) is 90.9 Å². The quantitative estimate of drug-likeness (QED) is 0.616. The summed E-state index contributed by atoms with van der Waals surface area (Å²) in [5.74, 6) is 0.115. The molecular formula is C17H14N6O2. The highest BCUT2D eigenvalue weighted by molar-refractivity contribution is 5.84. The third kappa shape index (κ3) is 1.85. The highest BCUT2D eigenvalue weighted by Crippen LogP contribution is 2.42. The van der Waals surface area contributed by atoms with E-state index in [-0.39, 0.29) is 0 Å². The summed E-state index contributed by atoms with van der Waals surface area (Å²) in [5, 5.41) is 11.3. The van der Waals surface area contributed by atoms with E-state index in [4.69, 9.17) is 14.3 Å². The van der Waals surface area contributed by atoms with Crippen molar-refractivity contribution in [2.24, 2.45) is 0 Å². The first kappa shape index (κ1) is 14.1. The predicted molar refractivity (Wildman–Crippen MR) is 89.6 cm³/mol. The molecule has 8 heteroatoms. The van der Waals surface area contributed by atoms with Crippen LogP contribution >= 0.6 is 0 Å². The van der Waals surface area contributed by atoms with Crippen LogP contribution in [0.5, 0.6) is 0 Å². The molecule has 1 aliphatic heterocycles. The molecule has 0 bridgehead atoms. The second-order valence-electron chi connectivity index (χ2n) is 5.66. The Balaban J connectivity index is 1.91. The van der Waals surface area contributed by atoms with Gasteiger partial charge in [-0.2, -0.15) is 0 Å². The largest absolute Gasteiger partial charge is 0.334 e. The van der Waals surface area contributed by atoms with Crippen molar-refractivity contribution in [2.75, 3.05) is 11.9 Å². The molecule has 124 valence electrons. The average molecular weight is 334 g/mol. The van der Waals surface area contributed by atoms with Crippen molar-refractivity contribution in [2.45, 2.75) is 12.8 Å². The maximum absolute atomic E-state index is 6.25. The fourth-order valence-corrected chi connectivity index (χ4v) is 3.31. The molecule has 0 aliphatic carbocycles. The zero-order valence-corrected chi connectivity index (χ0v) is 13.4. The smallest absolute Gasteiger partial charge is 0.254 e. The van der Waals surface area contributed by atoms with Gasteiger partial charge in [-0.05, 0) is 41.5 Å². The maximum Gasteiger partial charge on any atom is 0.254 e. The molecule has 0 saturated heterocycles. The van der Waals surface area contributed by atoms with Gasteiger partial charge in [0.25, 0.3) is 5.85 Å². The lowest BCUT2D eigenvalue weighted by Crippen LogP contribution is -2.48. The zero-order chi connectivity index (χ0) is 16.9. The van der Waals surface area contributed by atoms with Crippen LogP contribution < -0.4 is 5.32 Å². The maximum atomic E-state index is 6.25. The molecule has 0 spiro atoms. The Morgan fingerprint density at radius 2 is 2.00 bits per heavy atom. The standard InChI is InChI=1S/C17H14N6O2/c1-2-24-17(11-7-9-18-10-8-11)20-15-14(21-25-22-15)16-19-12-5-3-4-6-13(12)23(16)17/h3-10H,2H2,1H3,(H,20,22). The van der Waals surface area contributed by atoms with Crippen LogP contribution in [0, 0.1) is 0 Å². The highest BCUT2D eigenvalue weighted by atomic mass is 16.6. The fourth-order valence-electron chi connectivity index (χ4n) is 3.31. The Morgan fingerprint density at radius 3 is 2.84 bits per heavy atom. The minimum absolute atomic E-state index is 0.474. The van der Waals surface area contributed by atoms with Crippen LogP contribution in [0.1, 0.15) is 12.5 Å². The number of fused-ring (bicyclic) bond motifs is 5. The van der Waals surface area contributed by atoms with Gasteiger partial charge in [-0.15, -0.1) is 0 Å². The lowest BCUT2D eigenvalue weighted by molar-refractivity contribution is -0.0427. The SMILES string of the molecule is CCOC1(c2ccncc2)Nc2nonc2-c2nc3ccccc3n21. The Morgan fingerprint density at radius 1 is 1.16 bits per heavy atom. The van der Waals surface area contributed by atoms with Crippen LogP contribution in [0.3, 0.4) is 0 Å². The Bertz CT molecular complexity index is 1060. The number of pyridine rings is 1. The second kappa shape index (κ2) is 5.12. The van der Waals surface area contributed by atoms with Crippen molar-refractivity contribution in [3.05, 3.63) is 54.4 Å². The number of rotatable bonds is 3. The first-order valence-electron chi connectivity index (χ1n) is 7.97. The van der Waals surface area contributed by atoms with E-state index in [1.165, 1.54) is 0 Å². The summed E-state index contributed by atoms with van der Waals surface area (Å²) < 4.78 is 13.2. The summed E-state index contributed by atoms with van der Waals surface area (Å²) in [6, 6.07) is 11.7. The predicted octanol–water partition coefficient (Wildman–Crippen LogP) is 2.60. The van der Waals surface area contributed by atoms with Gasteiger partial charge in [0, 0.05) is 24.6 Å². The van der Waals surface area contributed by atoms with Gasteiger partial charge >= 0.3 is 0 Å². The highest BCUT2D eigenvalue weighted by Gasteiger charge is 2.45. The molecule has 1 atom stereocenters. The number of aromatic nitrogens is 5. The van der Waals surface area contributed by atoms with E-state index in [1.807, 2.05) is 47.9 Å². The molecule has 1 unspecified atom stereocenters. The summed E-state index contributed by atoms with van der Waals surface area (Å²) in [6.45, 7) is 2.42. The number of hydrogen-bond donors (Lipinski definition) is 1. The number of nitrogens with zero attached hydrogens (tertiary/aromatic N) is 5. The molecule has 1 aromatic carbocycles. The molecule has 1 aliphatic rings. The molecule has 1 N–H and O–H groups in total. The van der Waals surface area contributed by atoms with Crippen molar-refractivity contribution < 1.29 is 9.37 Å². The summed E-state index contributed by atoms with van der Waals surface area (Å²) in [7, 11) is 0. The van der Waals surface area contributed by atoms with Gasteiger partial charge in [-0.1, -0.05) is 12.1 Å². The number of para-hydroxylation sites is 2. The molecule has 25 heavy (non-hydrogen) atoms. The minimum Gasteiger partial charge on any atom is -0.334 e. The normalized spacial score (nSPS) is 18.6.